The van der Waals surface area contributed by atoms with Crippen LogP contribution in [0.2, 0.25) is 0 Å². The second kappa shape index (κ2) is 7.22. The first kappa shape index (κ1) is 14.0. The summed E-state index contributed by atoms with van der Waals surface area (Å²) in [5.74, 6) is 0.982. The minimum absolute atomic E-state index is 0.176. The van der Waals surface area contributed by atoms with Crippen molar-refractivity contribution in [3.05, 3.63) is 24.5 Å². The minimum atomic E-state index is 0.176. The molecular weight excluding hydrogens is 258 g/mol. The molecule has 0 fully saturated rings. The van der Waals surface area contributed by atoms with Gasteiger partial charge in [-0.05, 0) is 25.5 Å². The average Bonchev–Trinajstić information content (AvgIpc) is 2.46. The Labute approximate surface area is 117 Å². The highest BCUT2D eigenvalue weighted by molar-refractivity contribution is 5.29. The molecule has 0 saturated carbocycles. The maximum atomic E-state index is 5.54. The first-order chi connectivity index (χ1) is 9.81. The molecule has 0 spiro atoms. The van der Waals surface area contributed by atoms with Crippen LogP contribution in [-0.2, 0) is 0 Å². The molecule has 0 aliphatic rings. The summed E-state index contributed by atoms with van der Waals surface area (Å²) in [4.78, 5) is 16.4. The van der Waals surface area contributed by atoms with E-state index < -0.39 is 0 Å². The molecule has 0 saturated heterocycles. The molecule has 0 aliphatic carbocycles. The van der Waals surface area contributed by atoms with Crippen molar-refractivity contribution in [1.29, 1.82) is 0 Å². The Morgan fingerprint density at radius 1 is 1.15 bits per heavy atom. The molecule has 20 heavy (non-hydrogen) atoms. The van der Waals surface area contributed by atoms with Crippen molar-refractivity contribution in [3.63, 3.8) is 0 Å². The van der Waals surface area contributed by atoms with Crippen LogP contribution in [0, 0.1) is 0 Å². The average molecular weight is 275 g/mol. The molecule has 0 radical (unpaired) electrons. The van der Waals surface area contributed by atoms with Crippen molar-refractivity contribution in [2.75, 3.05) is 18.5 Å². The van der Waals surface area contributed by atoms with E-state index in [0.717, 1.165) is 6.42 Å². The number of rotatable bonds is 7. The SMILES string of the molecule is CCCOc1nc(NCC)nc(Oc2cccnc2)n1. The van der Waals surface area contributed by atoms with Gasteiger partial charge in [-0.15, -0.1) is 4.98 Å². The van der Waals surface area contributed by atoms with Crippen molar-refractivity contribution in [3.8, 4) is 17.8 Å². The van der Waals surface area contributed by atoms with Gasteiger partial charge < -0.3 is 14.8 Å². The molecule has 7 heteroatoms. The van der Waals surface area contributed by atoms with Gasteiger partial charge >= 0.3 is 12.0 Å². The van der Waals surface area contributed by atoms with Crippen LogP contribution in [0.4, 0.5) is 5.95 Å². The number of hydrogen-bond acceptors (Lipinski definition) is 7. The van der Waals surface area contributed by atoms with Crippen LogP contribution in [0.15, 0.2) is 24.5 Å². The van der Waals surface area contributed by atoms with Gasteiger partial charge in [0.15, 0.2) is 0 Å². The fraction of sp³-hybridized carbons (Fsp3) is 0.385. The molecule has 0 amide bonds. The lowest BCUT2D eigenvalue weighted by atomic mass is 10.5. The van der Waals surface area contributed by atoms with Gasteiger partial charge in [-0.3, -0.25) is 4.98 Å². The fourth-order valence-corrected chi connectivity index (χ4v) is 1.39. The van der Waals surface area contributed by atoms with E-state index in [9.17, 15) is 0 Å². The van der Waals surface area contributed by atoms with Gasteiger partial charge in [0, 0.05) is 12.7 Å². The predicted molar refractivity (Wildman–Crippen MR) is 74.1 cm³/mol. The van der Waals surface area contributed by atoms with Gasteiger partial charge in [0.1, 0.15) is 5.75 Å². The van der Waals surface area contributed by atoms with Crippen molar-refractivity contribution >= 4 is 5.95 Å². The maximum Gasteiger partial charge on any atom is 0.330 e. The second-order valence-corrected chi connectivity index (χ2v) is 3.89. The van der Waals surface area contributed by atoms with Crippen molar-refractivity contribution in [2.24, 2.45) is 0 Å². The third-order valence-electron chi connectivity index (χ3n) is 2.21. The molecule has 106 valence electrons. The fourth-order valence-electron chi connectivity index (χ4n) is 1.39. The summed E-state index contributed by atoms with van der Waals surface area (Å²) in [6, 6.07) is 3.97. The highest BCUT2D eigenvalue weighted by Crippen LogP contribution is 2.19. The lowest BCUT2D eigenvalue weighted by molar-refractivity contribution is 0.285. The largest absolute Gasteiger partial charge is 0.463 e. The van der Waals surface area contributed by atoms with Gasteiger partial charge in [0.05, 0.1) is 12.8 Å². The lowest BCUT2D eigenvalue weighted by Gasteiger charge is -2.08. The quantitative estimate of drug-likeness (QED) is 0.830. The van der Waals surface area contributed by atoms with E-state index in [-0.39, 0.29) is 12.0 Å². The van der Waals surface area contributed by atoms with E-state index in [1.54, 1.807) is 24.5 Å². The van der Waals surface area contributed by atoms with Crippen molar-refractivity contribution < 1.29 is 9.47 Å². The first-order valence-corrected chi connectivity index (χ1v) is 6.52. The molecule has 2 heterocycles. The number of hydrogen-bond donors (Lipinski definition) is 1. The Bertz CT molecular complexity index is 536. The third kappa shape index (κ3) is 4.04. The summed E-state index contributed by atoms with van der Waals surface area (Å²) >= 11 is 0. The highest BCUT2D eigenvalue weighted by Gasteiger charge is 2.09. The van der Waals surface area contributed by atoms with Crippen LogP contribution >= 0.6 is 0 Å². The van der Waals surface area contributed by atoms with E-state index in [0.29, 0.717) is 24.8 Å². The number of nitrogens with zero attached hydrogens (tertiary/aromatic N) is 4. The molecule has 0 atom stereocenters. The number of ether oxygens (including phenoxy) is 2. The van der Waals surface area contributed by atoms with Crippen LogP contribution in [0.5, 0.6) is 17.8 Å². The van der Waals surface area contributed by atoms with Gasteiger partial charge in [0.25, 0.3) is 0 Å². The minimum Gasteiger partial charge on any atom is -0.463 e. The van der Waals surface area contributed by atoms with Crippen LogP contribution in [0.25, 0.3) is 0 Å². The topological polar surface area (TPSA) is 82.0 Å². The molecule has 1 N–H and O–H groups in total. The zero-order valence-corrected chi connectivity index (χ0v) is 11.5. The van der Waals surface area contributed by atoms with Gasteiger partial charge in [-0.25, -0.2) is 0 Å². The Morgan fingerprint density at radius 2 is 2.00 bits per heavy atom. The van der Waals surface area contributed by atoms with Gasteiger partial charge in [0.2, 0.25) is 5.95 Å². The number of aromatic nitrogens is 4. The van der Waals surface area contributed by atoms with Crippen molar-refractivity contribution in [2.45, 2.75) is 20.3 Å². The molecule has 0 unspecified atom stereocenters. The Kier molecular flexibility index (Phi) is 5.05. The molecule has 0 aliphatic heterocycles. The summed E-state index contributed by atoms with van der Waals surface area (Å²) in [5, 5.41) is 3.01. The first-order valence-electron chi connectivity index (χ1n) is 6.52. The van der Waals surface area contributed by atoms with E-state index in [4.69, 9.17) is 9.47 Å². The molecule has 2 aromatic heterocycles. The number of nitrogens with one attached hydrogen (secondary N) is 1. The molecular formula is C13H17N5O2. The highest BCUT2D eigenvalue weighted by atomic mass is 16.5. The maximum absolute atomic E-state index is 5.54. The van der Waals surface area contributed by atoms with Crippen LogP contribution < -0.4 is 14.8 Å². The lowest BCUT2D eigenvalue weighted by Crippen LogP contribution is -2.08. The Morgan fingerprint density at radius 3 is 2.70 bits per heavy atom. The standard InChI is InChI=1S/C13H17N5O2/c1-3-8-19-12-16-11(15-4-2)17-13(18-12)20-10-6-5-7-14-9-10/h5-7,9H,3-4,8H2,1-2H3,(H,15,16,17,18). The van der Waals surface area contributed by atoms with Gasteiger partial charge in [-0.2, -0.15) is 9.97 Å². The number of pyridine rings is 1. The Hall–Kier alpha value is -2.44. The second-order valence-electron chi connectivity index (χ2n) is 3.89. The summed E-state index contributed by atoms with van der Waals surface area (Å²) in [7, 11) is 0. The zero-order valence-electron chi connectivity index (χ0n) is 11.5. The van der Waals surface area contributed by atoms with E-state index in [1.165, 1.54) is 0 Å². The van der Waals surface area contributed by atoms with Gasteiger partial charge in [-0.1, -0.05) is 6.92 Å². The predicted octanol–water partition coefficient (Wildman–Crippen LogP) is 2.28. The molecule has 0 bridgehead atoms. The molecule has 2 aromatic rings. The molecule has 7 nitrogen and oxygen atoms in total. The van der Waals surface area contributed by atoms with Crippen LogP contribution in [0.3, 0.4) is 0 Å². The van der Waals surface area contributed by atoms with Crippen molar-refractivity contribution in [1.82, 2.24) is 19.9 Å². The van der Waals surface area contributed by atoms with E-state index in [1.807, 2.05) is 13.8 Å². The summed E-state index contributed by atoms with van der Waals surface area (Å²) in [6.45, 7) is 5.21. The van der Waals surface area contributed by atoms with E-state index in [2.05, 4.69) is 25.3 Å². The van der Waals surface area contributed by atoms with E-state index >= 15 is 0 Å². The number of anilines is 1. The molecule has 0 aromatic carbocycles. The summed E-state index contributed by atoms with van der Waals surface area (Å²) in [6.07, 6.45) is 4.13. The monoisotopic (exact) mass is 275 g/mol. The van der Waals surface area contributed by atoms with Crippen LogP contribution in [-0.4, -0.2) is 33.1 Å². The Balaban J connectivity index is 2.19. The third-order valence-corrected chi connectivity index (χ3v) is 2.21. The smallest absolute Gasteiger partial charge is 0.330 e. The molecule has 2 rings (SSSR count). The zero-order chi connectivity index (χ0) is 14.2. The summed E-state index contributed by atoms with van der Waals surface area (Å²) < 4.78 is 11.0. The summed E-state index contributed by atoms with van der Waals surface area (Å²) in [5.41, 5.74) is 0. The normalized spacial score (nSPS) is 10.1. The van der Waals surface area contributed by atoms with Crippen LogP contribution in [0.1, 0.15) is 20.3 Å².